The summed E-state index contributed by atoms with van der Waals surface area (Å²) in [4.78, 5) is 11.7. The van der Waals surface area contributed by atoms with Crippen molar-refractivity contribution in [1.82, 2.24) is 0 Å². The molecule has 0 aliphatic carbocycles. The van der Waals surface area contributed by atoms with E-state index in [1.807, 2.05) is 0 Å². The Morgan fingerprint density at radius 1 is 1.44 bits per heavy atom. The van der Waals surface area contributed by atoms with Crippen molar-refractivity contribution in [2.45, 2.75) is 12.5 Å². The molecule has 0 bridgehead atoms. The first-order chi connectivity index (χ1) is 7.47. The molecule has 4 nitrogen and oxygen atoms in total. The minimum Gasteiger partial charge on any atom is -0.501 e. The molecule has 16 heavy (non-hydrogen) atoms. The first kappa shape index (κ1) is 10.5. The maximum Gasteiger partial charge on any atom is 0.250 e. The van der Waals surface area contributed by atoms with Gasteiger partial charge in [0.15, 0.2) is 0 Å². The molecule has 0 fully saturated rings. The second-order valence-electron chi connectivity index (χ2n) is 3.66. The van der Waals surface area contributed by atoms with Crippen LogP contribution in [0.3, 0.4) is 0 Å². The fraction of sp³-hybridized carbons (Fsp3) is 0.182. The quantitative estimate of drug-likeness (QED) is 0.753. The molecule has 0 amide bonds. The number of hydrogen-bond acceptors (Lipinski definition) is 4. The fourth-order valence-electron chi connectivity index (χ4n) is 1.68. The number of benzene rings is 1. The van der Waals surface area contributed by atoms with E-state index in [4.69, 9.17) is 10.5 Å². The van der Waals surface area contributed by atoms with Gasteiger partial charge in [-0.1, -0.05) is 18.2 Å². The summed E-state index contributed by atoms with van der Waals surface area (Å²) in [5.41, 5.74) is 3.76. The molecule has 0 aromatic heterocycles. The number of Topliss-reactive ketones (excluding diaryl/α,β-unsaturated/α-hetero) is 1. The van der Waals surface area contributed by atoms with E-state index >= 15 is 0 Å². The van der Waals surface area contributed by atoms with Crippen molar-refractivity contribution in [3.8, 4) is 0 Å². The van der Waals surface area contributed by atoms with E-state index in [0.717, 1.165) is 0 Å². The van der Waals surface area contributed by atoms with Crippen LogP contribution in [0.25, 0.3) is 0 Å². The molecule has 1 atom stereocenters. The summed E-state index contributed by atoms with van der Waals surface area (Å²) in [5.74, 6) is -2.36. The average molecular weight is 223 g/mol. The van der Waals surface area contributed by atoms with Gasteiger partial charge in [0.2, 0.25) is 17.2 Å². The maximum atomic E-state index is 13.5. The van der Waals surface area contributed by atoms with Crippen LogP contribution in [0, 0.1) is 5.82 Å². The van der Waals surface area contributed by atoms with E-state index in [1.165, 1.54) is 25.1 Å². The Balaban J connectivity index is 2.52. The molecule has 2 rings (SSSR count). The molecule has 1 aliphatic rings. The van der Waals surface area contributed by atoms with Gasteiger partial charge in [-0.25, -0.2) is 4.39 Å². The number of halogens is 1. The van der Waals surface area contributed by atoms with Gasteiger partial charge in [-0.05, 0) is 13.0 Å². The van der Waals surface area contributed by atoms with Gasteiger partial charge in [0, 0.05) is 5.56 Å². The summed E-state index contributed by atoms with van der Waals surface area (Å²) in [6.07, 6.45) is 0. The minimum absolute atomic E-state index is 0.0481. The van der Waals surface area contributed by atoms with E-state index in [0.29, 0.717) is 0 Å². The van der Waals surface area contributed by atoms with E-state index < -0.39 is 23.0 Å². The van der Waals surface area contributed by atoms with Crippen molar-refractivity contribution >= 4 is 5.78 Å². The number of nitrogens with two attached hydrogens (primary N) is 1. The summed E-state index contributed by atoms with van der Waals surface area (Å²) in [6.45, 7) is 1.36. The molecule has 0 saturated heterocycles. The topological polar surface area (TPSA) is 72.6 Å². The lowest BCUT2D eigenvalue weighted by atomic mass is 9.91. The first-order valence-corrected chi connectivity index (χ1v) is 4.64. The summed E-state index contributed by atoms with van der Waals surface area (Å²) in [7, 11) is 0. The molecule has 1 aromatic carbocycles. The van der Waals surface area contributed by atoms with Crippen LogP contribution in [0.2, 0.25) is 0 Å². The van der Waals surface area contributed by atoms with Gasteiger partial charge in [-0.2, -0.15) is 0 Å². The highest BCUT2D eigenvalue weighted by atomic mass is 19.1. The van der Waals surface area contributed by atoms with Crippen LogP contribution >= 0.6 is 0 Å². The number of aliphatic hydroxyl groups excluding tert-OH is 1. The van der Waals surface area contributed by atoms with Gasteiger partial charge in [0.25, 0.3) is 5.78 Å². The van der Waals surface area contributed by atoms with Crippen molar-refractivity contribution in [2.24, 2.45) is 5.73 Å². The normalized spacial score (nSPS) is 24.8. The third kappa shape index (κ3) is 1.25. The number of hydrogen-bond donors (Lipinski definition) is 2. The Morgan fingerprint density at radius 3 is 2.56 bits per heavy atom. The Kier molecular flexibility index (Phi) is 2.11. The number of ether oxygens (including phenoxy) is 1. The molecular formula is C11H10FNO3. The van der Waals surface area contributed by atoms with Crippen LogP contribution in [0.5, 0.6) is 0 Å². The van der Waals surface area contributed by atoms with Gasteiger partial charge < -0.3 is 15.6 Å². The molecule has 0 radical (unpaired) electrons. The van der Waals surface area contributed by atoms with Gasteiger partial charge in [0.1, 0.15) is 5.82 Å². The molecule has 1 heterocycles. The van der Waals surface area contributed by atoms with Crippen molar-refractivity contribution in [1.29, 1.82) is 0 Å². The SMILES string of the molecule is CC1(c2ccccc2F)OC(N)=C(O)C1=O. The van der Waals surface area contributed by atoms with Crippen LogP contribution in [0.4, 0.5) is 4.39 Å². The van der Waals surface area contributed by atoms with Gasteiger partial charge >= 0.3 is 0 Å². The molecule has 1 aromatic rings. The Labute approximate surface area is 91.1 Å². The molecular weight excluding hydrogens is 213 g/mol. The van der Waals surface area contributed by atoms with Crippen molar-refractivity contribution in [3.05, 3.63) is 47.3 Å². The molecule has 1 unspecified atom stereocenters. The highest BCUT2D eigenvalue weighted by Crippen LogP contribution is 2.37. The number of carbonyl (C=O) groups excluding carboxylic acids is 1. The lowest BCUT2D eigenvalue weighted by molar-refractivity contribution is -0.131. The van der Waals surface area contributed by atoms with Crippen molar-refractivity contribution < 1.29 is 19.0 Å². The predicted octanol–water partition coefficient (Wildman–Crippen LogP) is 1.33. The Morgan fingerprint density at radius 2 is 2.06 bits per heavy atom. The zero-order valence-electron chi connectivity index (χ0n) is 8.53. The van der Waals surface area contributed by atoms with Crippen molar-refractivity contribution in [2.75, 3.05) is 0 Å². The largest absolute Gasteiger partial charge is 0.501 e. The van der Waals surface area contributed by atoms with Crippen molar-refractivity contribution in [3.63, 3.8) is 0 Å². The van der Waals surface area contributed by atoms with Crippen LogP contribution in [-0.4, -0.2) is 10.9 Å². The third-order valence-electron chi connectivity index (χ3n) is 2.58. The second kappa shape index (κ2) is 3.23. The van der Waals surface area contributed by atoms with E-state index in [-0.39, 0.29) is 11.4 Å². The second-order valence-corrected chi connectivity index (χ2v) is 3.66. The van der Waals surface area contributed by atoms with E-state index in [2.05, 4.69) is 0 Å². The van der Waals surface area contributed by atoms with Gasteiger partial charge in [0.05, 0.1) is 0 Å². The predicted molar refractivity (Wildman–Crippen MR) is 53.7 cm³/mol. The third-order valence-corrected chi connectivity index (χ3v) is 2.58. The minimum atomic E-state index is -1.58. The Hall–Kier alpha value is -2.04. The fourth-order valence-corrected chi connectivity index (χ4v) is 1.68. The van der Waals surface area contributed by atoms with Crippen LogP contribution < -0.4 is 5.73 Å². The Bertz CT molecular complexity index is 498. The number of aliphatic hydroxyl groups is 1. The summed E-state index contributed by atoms with van der Waals surface area (Å²) < 4.78 is 18.6. The van der Waals surface area contributed by atoms with Gasteiger partial charge in [-0.3, -0.25) is 4.79 Å². The first-order valence-electron chi connectivity index (χ1n) is 4.64. The highest BCUT2D eigenvalue weighted by molar-refractivity contribution is 6.02. The summed E-state index contributed by atoms with van der Waals surface area (Å²) >= 11 is 0. The average Bonchev–Trinajstić information content (AvgIpc) is 2.44. The maximum absolute atomic E-state index is 13.5. The standard InChI is InChI=1S/C11H10FNO3/c1-11(6-4-2-3-5-7(6)12)9(15)8(14)10(13)16-11/h2-5,14H,13H2,1H3. The molecule has 5 heteroatoms. The molecule has 0 saturated carbocycles. The molecule has 84 valence electrons. The number of rotatable bonds is 1. The van der Waals surface area contributed by atoms with Crippen LogP contribution in [0.1, 0.15) is 12.5 Å². The summed E-state index contributed by atoms with van der Waals surface area (Å²) in [6, 6.07) is 5.70. The van der Waals surface area contributed by atoms with E-state index in [9.17, 15) is 14.3 Å². The monoisotopic (exact) mass is 223 g/mol. The molecule has 0 spiro atoms. The molecule has 3 N–H and O–H groups in total. The molecule has 1 aliphatic heterocycles. The lowest BCUT2D eigenvalue weighted by Gasteiger charge is -2.23. The van der Waals surface area contributed by atoms with Gasteiger partial charge in [-0.15, -0.1) is 0 Å². The highest BCUT2D eigenvalue weighted by Gasteiger charge is 2.48. The summed E-state index contributed by atoms with van der Waals surface area (Å²) in [5, 5.41) is 9.31. The number of ketones is 1. The smallest absolute Gasteiger partial charge is 0.250 e. The van der Waals surface area contributed by atoms with E-state index in [1.54, 1.807) is 6.07 Å². The van der Waals surface area contributed by atoms with Crippen LogP contribution in [-0.2, 0) is 15.1 Å². The zero-order valence-corrected chi connectivity index (χ0v) is 8.53. The van der Waals surface area contributed by atoms with Crippen LogP contribution in [0.15, 0.2) is 35.9 Å². The zero-order chi connectivity index (χ0) is 11.9. The number of carbonyl (C=O) groups is 1. The lowest BCUT2D eigenvalue weighted by Crippen LogP contribution is -2.32.